The van der Waals surface area contributed by atoms with Crippen LogP contribution < -0.4 is 5.73 Å². The molecule has 1 saturated carbocycles. The Kier molecular flexibility index (Phi) is 2.28. The van der Waals surface area contributed by atoms with E-state index in [9.17, 15) is 5.11 Å². The zero-order chi connectivity index (χ0) is 7.61. The molecular weight excluding hydrogens is 130 g/mol. The third-order valence-corrected chi connectivity index (χ3v) is 2.21. The van der Waals surface area contributed by atoms with Gasteiger partial charge in [0.05, 0.1) is 18.4 Å². The minimum atomic E-state index is -0.445. The van der Waals surface area contributed by atoms with Gasteiger partial charge in [-0.05, 0) is 6.42 Å². The summed E-state index contributed by atoms with van der Waals surface area (Å²) in [7, 11) is 0. The third-order valence-electron chi connectivity index (χ3n) is 2.21. The fourth-order valence-corrected chi connectivity index (χ4v) is 1.33. The zero-order valence-electron chi connectivity index (χ0n) is 6.34. The van der Waals surface area contributed by atoms with Crippen molar-refractivity contribution in [2.45, 2.75) is 37.9 Å². The molecule has 0 heterocycles. The number of nitrogens with two attached hydrogens (primary N) is 1. The van der Waals surface area contributed by atoms with Crippen molar-refractivity contribution in [2.75, 3.05) is 6.73 Å². The Morgan fingerprint density at radius 2 is 2.30 bits per heavy atom. The van der Waals surface area contributed by atoms with Crippen LogP contribution >= 0.6 is 0 Å². The summed E-state index contributed by atoms with van der Waals surface area (Å²) in [4.78, 5) is 0. The Morgan fingerprint density at radius 1 is 1.70 bits per heavy atom. The van der Waals surface area contributed by atoms with Gasteiger partial charge in [0.1, 0.15) is 0 Å². The summed E-state index contributed by atoms with van der Waals surface area (Å²) in [5, 5.41) is 9.49. The summed E-state index contributed by atoms with van der Waals surface area (Å²) in [6.07, 6.45) is 2.52. The van der Waals surface area contributed by atoms with E-state index >= 15 is 0 Å². The third kappa shape index (κ3) is 1.48. The fraction of sp³-hybridized carbons (Fsp3) is 1.00. The van der Waals surface area contributed by atoms with Gasteiger partial charge in [-0.25, -0.2) is 0 Å². The van der Waals surface area contributed by atoms with Gasteiger partial charge in [-0.2, -0.15) is 0 Å². The van der Waals surface area contributed by atoms with Crippen molar-refractivity contribution in [1.82, 2.24) is 0 Å². The Balaban J connectivity index is 2.16. The minimum Gasteiger partial charge on any atom is -0.390 e. The van der Waals surface area contributed by atoms with Crippen molar-refractivity contribution in [3.8, 4) is 0 Å². The summed E-state index contributed by atoms with van der Waals surface area (Å²) in [5.41, 5.74) is 4.72. The van der Waals surface area contributed by atoms with Gasteiger partial charge in [-0.15, -0.1) is 0 Å². The number of aliphatic hydroxyl groups is 1. The van der Waals surface area contributed by atoms with Crippen LogP contribution in [-0.2, 0) is 4.74 Å². The summed E-state index contributed by atoms with van der Waals surface area (Å²) < 4.78 is 5.09. The van der Waals surface area contributed by atoms with Crippen LogP contribution in [0.3, 0.4) is 0 Å². The largest absolute Gasteiger partial charge is 0.390 e. The standard InChI is InChI=1S/C7H15NO2/c1-2-7(9)3-6(4-7)10-5-8/h6,9H,2-5,8H2,1H3/t6-,7-. The first kappa shape index (κ1) is 7.98. The average molecular weight is 145 g/mol. The quantitative estimate of drug-likeness (QED) is 0.559. The number of hydrogen-bond donors (Lipinski definition) is 2. The van der Waals surface area contributed by atoms with Crippen molar-refractivity contribution in [3.63, 3.8) is 0 Å². The first-order valence-electron chi connectivity index (χ1n) is 3.74. The Bertz CT molecular complexity index is 110. The molecule has 60 valence electrons. The molecule has 0 saturated heterocycles. The van der Waals surface area contributed by atoms with Crippen LogP contribution in [0.25, 0.3) is 0 Å². The van der Waals surface area contributed by atoms with Crippen molar-refractivity contribution >= 4 is 0 Å². The Hall–Kier alpha value is -0.120. The van der Waals surface area contributed by atoms with Gasteiger partial charge in [0, 0.05) is 12.8 Å². The maximum absolute atomic E-state index is 9.49. The molecule has 3 N–H and O–H groups in total. The molecule has 0 aromatic heterocycles. The first-order chi connectivity index (χ1) is 4.70. The first-order valence-corrected chi connectivity index (χ1v) is 3.74. The molecule has 0 aliphatic heterocycles. The monoisotopic (exact) mass is 145 g/mol. The van der Waals surface area contributed by atoms with Gasteiger partial charge in [0.15, 0.2) is 0 Å². The van der Waals surface area contributed by atoms with Crippen molar-refractivity contribution in [3.05, 3.63) is 0 Å². The molecule has 3 heteroatoms. The Labute approximate surface area is 61.2 Å². The lowest BCUT2D eigenvalue weighted by Gasteiger charge is -2.42. The predicted molar refractivity (Wildman–Crippen MR) is 38.4 cm³/mol. The van der Waals surface area contributed by atoms with E-state index in [0.29, 0.717) is 0 Å². The van der Waals surface area contributed by atoms with Gasteiger partial charge in [-0.3, -0.25) is 0 Å². The van der Waals surface area contributed by atoms with E-state index in [2.05, 4.69) is 0 Å². The highest BCUT2D eigenvalue weighted by atomic mass is 16.5. The van der Waals surface area contributed by atoms with E-state index in [4.69, 9.17) is 10.5 Å². The normalized spacial score (nSPS) is 39.3. The lowest BCUT2D eigenvalue weighted by molar-refractivity contribution is -0.139. The van der Waals surface area contributed by atoms with Gasteiger partial charge in [-0.1, -0.05) is 6.92 Å². The second-order valence-corrected chi connectivity index (χ2v) is 2.94. The van der Waals surface area contributed by atoms with Crippen LogP contribution in [-0.4, -0.2) is 23.5 Å². The van der Waals surface area contributed by atoms with Gasteiger partial charge in [0.25, 0.3) is 0 Å². The predicted octanol–water partition coefficient (Wildman–Crippen LogP) is 0.223. The maximum atomic E-state index is 9.49. The van der Waals surface area contributed by atoms with Crippen LogP contribution in [0.4, 0.5) is 0 Å². The highest BCUT2D eigenvalue weighted by Gasteiger charge is 2.41. The van der Waals surface area contributed by atoms with Crippen LogP contribution in [0, 0.1) is 0 Å². The van der Waals surface area contributed by atoms with E-state index in [1.54, 1.807) is 0 Å². The van der Waals surface area contributed by atoms with Crippen LogP contribution in [0.2, 0.25) is 0 Å². The van der Waals surface area contributed by atoms with E-state index in [0.717, 1.165) is 19.3 Å². The molecule has 0 unspecified atom stereocenters. The zero-order valence-corrected chi connectivity index (χ0v) is 6.34. The van der Waals surface area contributed by atoms with E-state index < -0.39 is 5.60 Å². The Morgan fingerprint density at radius 3 is 2.70 bits per heavy atom. The molecule has 1 fully saturated rings. The van der Waals surface area contributed by atoms with E-state index in [1.807, 2.05) is 6.92 Å². The summed E-state index contributed by atoms with van der Waals surface area (Å²) in [6.45, 7) is 2.25. The molecule has 1 aliphatic carbocycles. The second-order valence-electron chi connectivity index (χ2n) is 2.94. The summed E-state index contributed by atoms with van der Waals surface area (Å²) in [5.74, 6) is 0. The molecular formula is C7H15NO2. The van der Waals surface area contributed by atoms with Gasteiger partial charge < -0.3 is 15.6 Å². The molecule has 0 atom stereocenters. The number of rotatable bonds is 3. The highest BCUT2D eigenvalue weighted by Crippen LogP contribution is 2.36. The molecule has 0 radical (unpaired) electrons. The average Bonchev–Trinajstić information content (AvgIpc) is 1.85. The molecule has 0 aromatic rings. The number of ether oxygens (including phenoxy) is 1. The van der Waals surface area contributed by atoms with Crippen LogP contribution in [0.5, 0.6) is 0 Å². The smallest absolute Gasteiger partial charge is 0.0944 e. The van der Waals surface area contributed by atoms with Crippen molar-refractivity contribution < 1.29 is 9.84 Å². The number of hydrogen-bond acceptors (Lipinski definition) is 3. The molecule has 0 amide bonds. The molecule has 0 spiro atoms. The molecule has 10 heavy (non-hydrogen) atoms. The maximum Gasteiger partial charge on any atom is 0.0944 e. The summed E-state index contributed by atoms with van der Waals surface area (Å²) >= 11 is 0. The minimum absolute atomic E-state index is 0.204. The second kappa shape index (κ2) is 2.86. The van der Waals surface area contributed by atoms with Crippen LogP contribution in [0.1, 0.15) is 26.2 Å². The van der Waals surface area contributed by atoms with Crippen molar-refractivity contribution in [1.29, 1.82) is 0 Å². The SMILES string of the molecule is CC[C@]1(O)C[C@H](OCN)C1. The fourth-order valence-electron chi connectivity index (χ4n) is 1.33. The van der Waals surface area contributed by atoms with Gasteiger partial charge >= 0.3 is 0 Å². The highest BCUT2D eigenvalue weighted by molar-refractivity contribution is 4.93. The van der Waals surface area contributed by atoms with Gasteiger partial charge in [0.2, 0.25) is 0 Å². The summed E-state index contributed by atoms with van der Waals surface area (Å²) in [6, 6.07) is 0. The molecule has 0 aromatic carbocycles. The topological polar surface area (TPSA) is 55.5 Å². The van der Waals surface area contributed by atoms with E-state index in [-0.39, 0.29) is 12.8 Å². The molecule has 1 aliphatic rings. The van der Waals surface area contributed by atoms with Crippen LogP contribution in [0.15, 0.2) is 0 Å². The molecule has 1 rings (SSSR count). The van der Waals surface area contributed by atoms with Crippen molar-refractivity contribution in [2.24, 2.45) is 5.73 Å². The van der Waals surface area contributed by atoms with E-state index in [1.165, 1.54) is 0 Å². The molecule has 0 bridgehead atoms. The lowest BCUT2D eigenvalue weighted by atomic mass is 9.76. The molecule has 3 nitrogen and oxygen atoms in total. The lowest BCUT2D eigenvalue weighted by Crippen LogP contribution is -2.48.